The van der Waals surface area contributed by atoms with Crippen LogP contribution in [-0.4, -0.2) is 19.3 Å². The number of furan rings is 1. The smallest absolute Gasteiger partial charge is 0.291 e. The second-order valence-corrected chi connectivity index (χ2v) is 9.07. The van der Waals surface area contributed by atoms with Crippen LogP contribution in [0.2, 0.25) is 5.02 Å². The topological polar surface area (TPSA) is 101 Å². The minimum atomic E-state index is -3.74. The summed E-state index contributed by atoms with van der Waals surface area (Å²) >= 11 is 7.33. The molecular weight excluding hydrogens is 446 g/mol. The molecule has 0 aliphatic rings. The molecule has 0 fully saturated rings. The Balaban J connectivity index is 1.46. The molecule has 1 amide bonds. The average molecular weight is 460 g/mol. The molecule has 4 rings (SSSR count). The van der Waals surface area contributed by atoms with Crippen LogP contribution in [0.4, 0.5) is 10.7 Å². The maximum absolute atomic E-state index is 12.5. The first kappa shape index (κ1) is 20.1. The number of halogens is 1. The zero-order valence-corrected chi connectivity index (χ0v) is 17.6. The number of anilines is 2. The zero-order valence-electron chi connectivity index (χ0n) is 15.2. The van der Waals surface area contributed by atoms with Gasteiger partial charge in [0.15, 0.2) is 5.76 Å². The molecule has 2 N–H and O–H groups in total. The van der Waals surface area contributed by atoms with Gasteiger partial charge in [-0.25, -0.2) is 8.42 Å². The first-order chi connectivity index (χ1) is 14.4. The van der Waals surface area contributed by atoms with E-state index in [0.29, 0.717) is 27.0 Å². The molecule has 0 radical (unpaired) electrons. The van der Waals surface area contributed by atoms with E-state index < -0.39 is 15.9 Å². The van der Waals surface area contributed by atoms with E-state index in [0.717, 1.165) is 0 Å². The lowest BCUT2D eigenvalue weighted by molar-refractivity contribution is 0.0997. The largest absolute Gasteiger partial charge is 0.451 e. The third-order valence-electron chi connectivity index (χ3n) is 4.06. The fraction of sp³-hybridized carbons (Fsp3) is 0. The molecule has 7 nitrogen and oxygen atoms in total. The van der Waals surface area contributed by atoms with Gasteiger partial charge in [-0.3, -0.25) is 14.5 Å². The van der Waals surface area contributed by atoms with Gasteiger partial charge in [0, 0.05) is 11.3 Å². The summed E-state index contributed by atoms with van der Waals surface area (Å²) in [5.41, 5.74) is 2.64. The molecule has 0 bridgehead atoms. The van der Waals surface area contributed by atoms with Gasteiger partial charge in [-0.15, -0.1) is 11.3 Å². The summed E-state index contributed by atoms with van der Waals surface area (Å²) in [4.78, 5) is 16.4. The fourth-order valence-corrected chi connectivity index (χ4v) is 4.67. The van der Waals surface area contributed by atoms with Gasteiger partial charge in [-0.1, -0.05) is 23.7 Å². The molecule has 10 heteroatoms. The van der Waals surface area contributed by atoms with E-state index in [9.17, 15) is 13.2 Å². The molecule has 2 aromatic carbocycles. The Bertz CT molecular complexity index is 1280. The number of rotatable bonds is 6. The van der Waals surface area contributed by atoms with Gasteiger partial charge in [0.05, 0.1) is 21.6 Å². The van der Waals surface area contributed by atoms with Crippen molar-refractivity contribution in [2.45, 2.75) is 4.90 Å². The highest BCUT2D eigenvalue weighted by Crippen LogP contribution is 2.29. The van der Waals surface area contributed by atoms with Crippen LogP contribution in [0.5, 0.6) is 0 Å². The lowest BCUT2D eigenvalue weighted by Gasteiger charge is -2.07. The van der Waals surface area contributed by atoms with Crippen molar-refractivity contribution in [1.29, 1.82) is 0 Å². The second-order valence-electron chi connectivity index (χ2n) is 6.09. The van der Waals surface area contributed by atoms with Crippen molar-refractivity contribution in [2.75, 3.05) is 10.0 Å². The minimum Gasteiger partial charge on any atom is -0.451 e. The maximum Gasteiger partial charge on any atom is 0.291 e. The van der Waals surface area contributed by atoms with Crippen molar-refractivity contribution >= 4 is 49.6 Å². The lowest BCUT2D eigenvalue weighted by Crippen LogP contribution is -2.13. The van der Waals surface area contributed by atoms with Crippen LogP contribution in [-0.2, 0) is 10.0 Å². The highest BCUT2D eigenvalue weighted by atomic mass is 35.5. The van der Waals surface area contributed by atoms with E-state index in [4.69, 9.17) is 16.0 Å². The molecule has 0 atom stereocenters. The van der Waals surface area contributed by atoms with E-state index >= 15 is 0 Å². The van der Waals surface area contributed by atoms with Gasteiger partial charge in [0.25, 0.3) is 15.9 Å². The predicted molar refractivity (Wildman–Crippen MR) is 116 cm³/mol. The Hall–Kier alpha value is -3.14. The van der Waals surface area contributed by atoms with E-state index in [1.165, 1.54) is 47.3 Å². The quantitative estimate of drug-likeness (QED) is 0.417. The number of thiazole rings is 1. The molecule has 2 aromatic heterocycles. The molecule has 0 aliphatic carbocycles. The Morgan fingerprint density at radius 3 is 2.50 bits per heavy atom. The fourth-order valence-electron chi connectivity index (χ4n) is 2.63. The van der Waals surface area contributed by atoms with E-state index in [1.54, 1.807) is 30.3 Å². The molecular formula is C20H14ClN3O4S2. The Morgan fingerprint density at radius 1 is 1.03 bits per heavy atom. The molecule has 0 spiro atoms. The number of aromatic nitrogens is 1. The van der Waals surface area contributed by atoms with Crippen LogP contribution in [0.25, 0.3) is 11.3 Å². The van der Waals surface area contributed by atoms with E-state index in [-0.39, 0.29) is 10.7 Å². The van der Waals surface area contributed by atoms with Crippen LogP contribution in [0.3, 0.4) is 0 Å². The summed E-state index contributed by atoms with van der Waals surface area (Å²) in [6, 6.07) is 16.2. The molecule has 4 aromatic rings. The first-order valence-electron chi connectivity index (χ1n) is 8.60. The number of sulfonamides is 1. The predicted octanol–water partition coefficient (Wildman–Crippen LogP) is 5.11. The number of amides is 1. The van der Waals surface area contributed by atoms with Gasteiger partial charge in [0.1, 0.15) is 10.8 Å². The van der Waals surface area contributed by atoms with Crippen molar-refractivity contribution in [1.82, 2.24) is 4.98 Å². The molecule has 0 saturated heterocycles. The summed E-state index contributed by atoms with van der Waals surface area (Å²) < 4.78 is 32.8. The number of hydrogen-bond donors (Lipinski definition) is 2. The highest BCUT2D eigenvalue weighted by molar-refractivity contribution is 7.93. The van der Waals surface area contributed by atoms with Crippen LogP contribution >= 0.6 is 22.9 Å². The summed E-state index contributed by atoms with van der Waals surface area (Å²) in [5.74, 6) is 0.113. The van der Waals surface area contributed by atoms with Crippen molar-refractivity contribution in [3.63, 3.8) is 0 Å². The third kappa shape index (κ3) is 4.38. The minimum absolute atomic E-state index is 0.0629. The van der Waals surface area contributed by atoms with Crippen LogP contribution < -0.4 is 10.0 Å². The number of benzene rings is 2. The Kier molecular flexibility index (Phi) is 5.58. The van der Waals surface area contributed by atoms with Gasteiger partial charge in [0.2, 0.25) is 0 Å². The van der Waals surface area contributed by atoms with Crippen molar-refractivity contribution < 1.29 is 17.6 Å². The monoisotopic (exact) mass is 459 g/mol. The normalized spacial score (nSPS) is 11.2. The average Bonchev–Trinajstić information content (AvgIpc) is 3.41. The first-order valence-corrected chi connectivity index (χ1v) is 11.3. The summed E-state index contributed by atoms with van der Waals surface area (Å²) in [5, 5.41) is 3.61. The third-order valence-corrected chi connectivity index (χ3v) is 6.59. The Morgan fingerprint density at radius 2 is 1.80 bits per heavy atom. The van der Waals surface area contributed by atoms with Crippen molar-refractivity contribution in [3.05, 3.63) is 83.2 Å². The Labute approximate surface area is 181 Å². The molecule has 2 heterocycles. The van der Waals surface area contributed by atoms with Crippen molar-refractivity contribution in [2.24, 2.45) is 0 Å². The van der Waals surface area contributed by atoms with Crippen LogP contribution in [0.1, 0.15) is 10.6 Å². The second kappa shape index (κ2) is 8.31. The zero-order chi connectivity index (χ0) is 21.1. The number of carbonyl (C=O) groups is 1. The van der Waals surface area contributed by atoms with Crippen molar-refractivity contribution in [3.8, 4) is 11.3 Å². The lowest BCUT2D eigenvalue weighted by atomic mass is 10.2. The maximum atomic E-state index is 12.5. The van der Waals surface area contributed by atoms with Gasteiger partial charge in [-0.05, 0) is 48.5 Å². The SMILES string of the molecule is O=C(Nc1ccc(S(=O)(=O)Nc2cncs2)cc1)c1ccc(-c2ccccc2Cl)o1. The molecule has 0 unspecified atom stereocenters. The molecule has 0 aliphatic heterocycles. The van der Waals surface area contributed by atoms with Crippen LogP contribution in [0.15, 0.2) is 81.7 Å². The number of carbonyl (C=O) groups excluding carboxylic acids is 1. The summed E-state index contributed by atoms with van der Waals surface area (Å²) in [6.07, 6.45) is 1.43. The van der Waals surface area contributed by atoms with E-state index in [1.807, 2.05) is 6.07 Å². The molecule has 0 saturated carbocycles. The van der Waals surface area contributed by atoms with Crippen LogP contribution in [0, 0.1) is 0 Å². The number of nitrogens with zero attached hydrogens (tertiary/aromatic N) is 1. The standard InChI is InChI=1S/C20H14ClN3O4S2/c21-16-4-2-1-3-15(16)17-9-10-18(28-17)20(25)23-13-5-7-14(8-6-13)30(26,27)24-19-11-22-12-29-19/h1-12,24H,(H,23,25). The molecule has 152 valence electrons. The summed E-state index contributed by atoms with van der Waals surface area (Å²) in [6.45, 7) is 0. The van der Waals surface area contributed by atoms with Gasteiger partial charge >= 0.3 is 0 Å². The number of hydrogen-bond acceptors (Lipinski definition) is 6. The highest BCUT2D eigenvalue weighted by Gasteiger charge is 2.17. The van der Waals surface area contributed by atoms with Gasteiger partial charge < -0.3 is 9.73 Å². The van der Waals surface area contributed by atoms with Gasteiger partial charge in [-0.2, -0.15) is 0 Å². The number of nitrogens with one attached hydrogen (secondary N) is 2. The summed E-state index contributed by atoms with van der Waals surface area (Å²) in [7, 11) is -3.74. The molecule has 30 heavy (non-hydrogen) atoms. The van der Waals surface area contributed by atoms with E-state index in [2.05, 4.69) is 15.0 Å².